The van der Waals surface area contributed by atoms with E-state index in [2.05, 4.69) is 57.8 Å². The van der Waals surface area contributed by atoms with Crippen LogP contribution in [0.5, 0.6) is 0 Å². The molecule has 0 radical (unpaired) electrons. The van der Waals surface area contributed by atoms with Crippen LogP contribution in [0.2, 0.25) is 0 Å². The van der Waals surface area contributed by atoms with Gasteiger partial charge in [-0.15, -0.1) is 0 Å². The van der Waals surface area contributed by atoms with Crippen molar-refractivity contribution in [3.05, 3.63) is 59.7 Å². The van der Waals surface area contributed by atoms with Crippen LogP contribution in [0.3, 0.4) is 0 Å². The first-order valence-electron chi connectivity index (χ1n) is 26.5. The fourth-order valence-electron chi connectivity index (χ4n) is 8.41. The number of benzene rings is 2. The van der Waals surface area contributed by atoms with Crippen LogP contribution in [0, 0.1) is 11.8 Å². The maximum Gasteiger partial charge on any atom is 0.407 e. The highest BCUT2D eigenvalue weighted by Gasteiger charge is 2.33. The minimum absolute atomic E-state index is 0.000758. The Morgan fingerprint density at radius 1 is 0.500 bits per heavy atom. The van der Waals surface area contributed by atoms with E-state index in [1.165, 1.54) is 27.7 Å². The molecule has 0 heterocycles. The van der Waals surface area contributed by atoms with Gasteiger partial charge in [0, 0.05) is 19.0 Å². The molecule has 2 aromatic rings. The minimum atomic E-state index is -1.31. The second-order valence-electron chi connectivity index (χ2n) is 20.4. The highest BCUT2D eigenvalue weighted by molar-refractivity contribution is 5.97. The summed E-state index contributed by atoms with van der Waals surface area (Å²) in [6.07, 6.45) is -0.202. The van der Waals surface area contributed by atoms with E-state index in [9.17, 15) is 53.1 Å². The van der Waals surface area contributed by atoms with Gasteiger partial charge in [0.1, 0.15) is 54.9 Å². The molecule has 1 aliphatic rings. The van der Waals surface area contributed by atoms with Gasteiger partial charge in [0.15, 0.2) is 11.9 Å². The third kappa shape index (κ3) is 22.1. The quantitative estimate of drug-likeness (QED) is 0.0232. The summed E-state index contributed by atoms with van der Waals surface area (Å²) in [5, 5.41) is 32.2. The summed E-state index contributed by atoms with van der Waals surface area (Å²) in [6.45, 7) is 12.2. The Balaban J connectivity index is 1.57. The monoisotopic (exact) mass is 1120 g/mol. The molecular weight excluding hydrogens is 1040 g/mol. The number of ether oxygens (including phenoxy) is 1. The van der Waals surface area contributed by atoms with Crippen LogP contribution in [0.4, 0.5) is 4.79 Å². The summed E-state index contributed by atoms with van der Waals surface area (Å²) in [4.78, 5) is 139. The largest absolute Gasteiger partial charge is 0.480 e. The normalized spacial score (nSPS) is 14.5. The number of hydrogen-bond donors (Lipinski definition) is 14. The molecule has 0 aliphatic heterocycles. The molecular formula is C53H81N15O12. The van der Waals surface area contributed by atoms with Crippen LogP contribution in [0.25, 0.3) is 11.1 Å². The SMILES string of the molecule is CC(C)C[C@H](NC(=O)CNC(=O)[C@H](CC(C)C)NC(=O)[C@H](C)NC(=O)[C@H](CCCN=C(N)N)NC(=O)[C@H](C)NC(=O)[C@H](C)NC(=O)OCC1c2ccccc2-c2ccccc21)C(=O)N[C@@H](C)C(=O)N[C@@H](CCCN=C(N)N)C(=O)O. The van der Waals surface area contributed by atoms with Crippen molar-refractivity contribution in [2.45, 2.75) is 148 Å². The van der Waals surface area contributed by atoms with Gasteiger partial charge < -0.3 is 80.6 Å². The van der Waals surface area contributed by atoms with Crippen molar-refractivity contribution >= 4 is 71.2 Å². The molecule has 80 heavy (non-hydrogen) atoms. The molecule has 0 spiro atoms. The number of carbonyl (C=O) groups excluding carboxylic acids is 9. The zero-order chi connectivity index (χ0) is 59.8. The number of fused-ring (bicyclic) bond motifs is 3. The first-order valence-corrected chi connectivity index (χ1v) is 26.5. The average Bonchev–Trinajstić information content (AvgIpc) is 3.70. The Kier molecular flexibility index (Phi) is 26.6. The third-order valence-electron chi connectivity index (χ3n) is 12.6. The van der Waals surface area contributed by atoms with E-state index in [4.69, 9.17) is 27.7 Å². The van der Waals surface area contributed by atoms with E-state index in [-0.39, 0.29) is 87.9 Å². The third-order valence-corrected chi connectivity index (χ3v) is 12.6. The molecule has 27 heteroatoms. The number of hydrogen-bond acceptors (Lipinski definition) is 13. The molecule has 27 nitrogen and oxygen atoms in total. The molecule has 0 fully saturated rings. The van der Waals surface area contributed by atoms with Crippen molar-refractivity contribution in [3.8, 4) is 11.1 Å². The van der Waals surface area contributed by atoms with Gasteiger partial charge >= 0.3 is 12.1 Å². The van der Waals surface area contributed by atoms with Gasteiger partial charge in [-0.05, 0) is 100 Å². The number of carboxylic acid groups (broad SMARTS) is 1. The number of carbonyl (C=O) groups is 10. The Morgan fingerprint density at radius 3 is 1.35 bits per heavy atom. The number of carboxylic acids is 1. The van der Waals surface area contributed by atoms with E-state index in [0.717, 1.165) is 22.3 Å². The van der Waals surface area contributed by atoms with Crippen molar-refractivity contribution in [3.63, 3.8) is 0 Å². The molecule has 0 saturated heterocycles. The van der Waals surface area contributed by atoms with E-state index >= 15 is 0 Å². The lowest BCUT2D eigenvalue weighted by Crippen LogP contribution is -2.58. The lowest BCUT2D eigenvalue weighted by molar-refractivity contribution is -0.142. The number of aliphatic imine (C=N–C) groups is 2. The standard InChI is InChI=1S/C53H81N15O12/c1-27(2)23-40(47(74)60-25-42(69)65-41(24-28(3)4)49(76)63-30(6)45(72)67-39(50(77)78)20-14-22-59-52(56)57)68-46(73)31(7)62-48(75)38(19-13-21-58-51(54)55)66-44(71)29(5)61-43(70)32(8)64-53(79)80-26-37-35-17-11-9-15-33(35)34-16-10-12-18-36(34)37/h9-12,15-18,27-32,37-41H,13-14,19-26H2,1-8H3,(H,60,74)(H,61,70)(H,62,75)(H,63,76)(H,64,79)(H,65,69)(H,66,71)(H,67,72)(H,68,73)(H,77,78)(H4,54,55,58)(H4,56,57,59)/t29-,30-,31-,32-,38-,39-,40-,41-/m0/s1. The van der Waals surface area contributed by atoms with Gasteiger partial charge in [-0.2, -0.15) is 0 Å². The number of nitrogens with one attached hydrogen (secondary N) is 9. The molecule has 0 saturated carbocycles. The Bertz CT molecular complexity index is 2520. The Morgan fingerprint density at radius 2 is 0.887 bits per heavy atom. The van der Waals surface area contributed by atoms with E-state index in [1.807, 2.05) is 48.5 Å². The predicted molar refractivity (Wildman–Crippen MR) is 298 cm³/mol. The summed E-state index contributed by atoms with van der Waals surface area (Å²) in [7, 11) is 0. The molecule has 0 aromatic heterocycles. The maximum atomic E-state index is 13.7. The van der Waals surface area contributed by atoms with Crippen LogP contribution >= 0.6 is 0 Å². The van der Waals surface area contributed by atoms with Crippen LogP contribution in [-0.4, -0.2) is 151 Å². The van der Waals surface area contributed by atoms with Crippen molar-refractivity contribution in [1.82, 2.24) is 47.9 Å². The number of alkyl carbamates (subject to hydrolysis) is 1. The molecule has 0 bridgehead atoms. The van der Waals surface area contributed by atoms with Gasteiger partial charge in [-0.3, -0.25) is 48.3 Å². The number of amides is 9. The van der Waals surface area contributed by atoms with Crippen LogP contribution in [0.1, 0.15) is 111 Å². The molecule has 1 aliphatic carbocycles. The fourth-order valence-corrected chi connectivity index (χ4v) is 8.41. The summed E-state index contributed by atoms with van der Waals surface area (Å²) < 4.78 is 5.56. The number of nitrogens with two attached hydrogens (primary N) is 4. The summed E-state index contributed by atoms with van der Waals surface area (Å²) in [6, 6.07) is 5.85. The zero-order valence-corrected chi connectivity index (χ0v) is 46.7. The molecule has 0 unspecified atom stereocenters. The van der Waals surface area contributed by atoms with E-state index in [1.54, 1.807) is 27.7 Å². The Labute approximate surface area is 465 Å². The molecule has 440 valence electrons. The first kappa shape index (κ1) is 65.8. The second kappa shape index (κ2) is 32.4. The summed E-state index contributed by atoms with van der Waals surface area (Å²) >= 11 is 0. The molecule has 18 N–H and O–H groups in total. The van der Waals surface area contributed by atoms with E-state index in [0.29, 0.717) is 0 Å². The Hall–Kier alpha value is -8.52. The van der Waals surface area contributed by atoms with Crippen molar-refractivity contribution in [2.24, 2.45) is 44.8 Å². The van der Waals surface area contributed by atoms with Gasteiger partial charge in [0.25, 0.3) is 0 Å². The topological polar surface area (TPSA) is 437 Å². The van der Waals surface area contributed by atoms with Crippen LogP contribution in [0.15, 0.2) is 58.5 Å². The van der Waals surface area contributed by atoms with Gasteiger partial charge in [-0.1, -0.05) is 76.2 Å². The van der Waals surface area contributed by atoms with Gasteiger partial charge in [0.05, 0.1) is 6.54 Å². The highest BCUT2D eigenvalue weighted by Crippen LogP contribution is 2.44. The van der Waals surface area contributed by atoms with E-state index < -0.39 is 114 Å². The van der Waals surface area contributed by atoms with Crippen LogP contribution < -0.4 is 70.8 Å². The number of nitrogens with zero attached hydrogens (tertiary/aromatic N) is 2. The second-order valence-corrected chi connectivity index (χ2v) is 20.4. The number of aliphatic carboxylic acids is 1. The summed E-state index contributed by atoms with van der Waals surface area (Å²) in [5.74, 6) is -8.34. The van der Waals surface area contributed by atoms with Crippen molar-refractivity contribution in [1.29, 1.82) is 0 Å². The van der Waals surface area contributed by atoms with Crippen LogP contribution in [-0.2, 0) is 47.9 Å². The lowest BCUT2D eigenvalue weighted by atomic mass is 9.98. The van der Waals surface area contributed by atoms with Crippen molar-refractivity contribution < 1.29 is 57.8 Å². The zero-order valence-electron chi connectivity index (χ0n) is 46.7. The highest BCUT2D eigenvalue weighted by atomic mass is 16.5. The average molecular weight is 1120 g/mol. The smallest absolute Gasteiger partial charge is 0.407 e. The lowest BCUT2D eigenvalue weighted by Gasteiger charge is -2.25. The maximum absolute atomic E-state index is 13.7. The number of rotatable bonds is 32. The molecule has 2 aromatic carbocycles. The minimum Gasteiger partial charge on any atom is -0.480 e. The molecule has 9 amide bonds. The molecule has 8 atom stereocenters. The van der Waals surface area contributed by atoms with Gasteiger partial charge in [-0.25, -0.2) is 9.59 Å². The fraction of sp³-hybridized carbons (Fsp3) is 0.547. The number of guanidine groups is 2. The predicted octanol–water partition coefficient (Wildman–Crippen LogP) is -1.23. The molecule has 3 rings (SSSR count). The first-order chi connectivity index (χ1) is 37.7. The summed E-state index contributed by atoms with van der Waals surface area (Å²) in [5.41, 5.74) is 25.6. The van der Waals surface area contributed by atoms with Gasteiger partial charge in [0.2, 0.25) is 47.3 Å². The van der Waals surface area contributed by atoms with Crippen molar-refractivity contribution in [2.75, 3.05) is 26.2 Å².